The van der Waals surface area contributed by atoms with Crippen LogP contribution in [0.3, 0.4) is 0 Å². The Morgan fingerprint density at radius 2 is 2.17 bits per heavy atom. The molecule has 0 saturated carbocycles. The fourth-order valence-corrected chi connectivity index (χ4v) is 1.33. The number of carboxylic acids is 1. The number of nitro groups is 1. The topological polar surface area (TPSA) is 124 Å². The second-order valence-electron chi connectivity index (χ2n) is 3.39. The molecule has 2 aromatic rings. The number of hydrogen-bond donors (Lipinski definition) is 1. The van der Waals surface area contributed by atoms with E-state index in [9.17, 15) is 14.9 Å². The van der Waals surface area contributed by atoms with Gasteiger partial charge in [0.1, 0.15) is 0 Å². The zero-order valence-electron chi connectivity index (χ0n) is 9.14. The van der Waals surface area contributed by atoms with Crippen molar-refractivity contribution in [1.29, 1.82) is 0 Å². The lowest BCUT2D eigenvalue weighted by Gasteiger charge is -1.97. The molecule has 0 spiro atoms. The molecule has 9 heteroatoms. The number of aromatic carboxylic acids is 1. The molecule has 0 radical (unpaired) electrons. The van der Waals surface area contributed by atoms with E-state index >= 15 is 0 Å². The van der Waals surface area contributed by atoms with Crippen molar-refractivity contribution in [3.05, 3.63) is 39.7 Å². The number of aromatic nitrogens is 4. The van der Waals surface area contributed by atoms with Gasteiger partial charge in [0.25, 0.3) is 0 Å². The summed E-state index contributed by atoms with van der Waals surface area (Å²) < 4.78 is 1.22. The van der Waals surface area contributed by atoms with E-state index in [2.05, 4.69) is 15.3 Å². The molecule has 92 valence electrons. The van der Waals surface area contributed by atoms with Gasteiger partial charge in [0.2, 0.25) is 0 Å². The van der Waals surface area contributed by atoms with Gasteiger partial charge in [0, 0.05) is 0 Å². The maximum atomic E-state index is 10.6. The number of hydrogen-bond acceptors (Lipinski definition) is 6. The molecule has 0 aliphatic carbocycles. The summed E-state index contributed by atoms with van der Waals surface area (Å²) in [7, 11) is 0. The van der Waals surface area contributed by atoms with Crippen molar-refractivity contribution in [3.63, 3.8) is 0 Å². The fraction of sp³-hybridized carbons (Fsp3) is 0.111. The van der Waals surface area contributed by atoms with E-state index in [1.165, 1.54) is 22.9 Å². The second kappa shape index (κ2) is 4.20. The maximum Gasteiger partial charge on any atom is 0.390 e. The summed E-state index contributed by atoms with van der Waals surface area (Å²) in [5.74, 6) is -1.29. The Morgan fingerprint density at radius 1 is 1.44 bits per heavy atom. The van der Waals surface area contributed by atoms with Gasteiger partial charge in [-0.15, -0.1) is 14.9 Å². The first-order valence-electron chi connectivity index (χ1n) is 4.77. The lowest BCUT2D eigenvalue weighted by atomic mass is 10.4. The summed E-state index contributed by atoms with van der Waals surface area (Å²) in [6.07, 6.45) is 0. The summed E-state index contributed by atoms with van der Waals surface area (Å²) in [4.78, 5) is 20.5. The SMILES string of the molecule is Cc1cc([N+](=O)[O-])nn1-c1ccc(C(=O)O)nn1. The molecule has 0 unspecified atom stereocenters. The van der Waals surface area contributed by atoms with Gasteiger partial charge in [0.05, 0.1) is 16.9 Å². The minimum absolute atomic E-state index is 0.210. The highest BCUT2D eigenvalue weighted by atomic mass is 16.6. The van der Waals surface area contributed by atoms with Crippen LogP contribution >= 0.6 is 0 Å². The summed E-state index contributed by atoms with van der Waals surface area (Å²) >= 11 is 0. The third kappa shape index (κ3) is 2.00. The summed E-state index contributed by atoms with van der Waals surface area (Å²) in [5, 5.41) is 30.1. The molecule has 18 heavy (non-hydrogen) atoms. The van der Waals surface area contributed by atoms with Crippen LogP contribution in [0.5, 0.6) is 0 Å². The molecule has 0 aliphatic heterocycles. The normalized spacial score (nSPS) is 10.3. The highest BCUT2D eigenvalue weighted by Crippen LogP contribution is 2.14. The summed E-state index contributed by atoms with van der Waals surface area (Å²) in [5.41, 5.74) is 0.289. The Balaban J connectivity index is 2.42. The molecule has 0 atom stereocenters. The zero-order valence-corrected chi connectivity index (χ0v) is 9.14. The molecule has 0 amide bonds. The van der Waals surface area contributed by atoms with Crippen molar-refractivity contribution in [2.45, 2.75) is 6.92 Å². The van der Waals surface area contributed by atoms with Crippen molar-refractivity contribution in [1.82, 2.24) is 20.0 Å². The fourth-order valence-electron chi connectivity index (χ4n) is 1.33. The first kappa shape index (κ1) is 11.6. The number of carbonyl (C=O) groups is 1. The van der Waals surface area contributed by atoms with E-state index in [4.69, 9.17) is 5.11 Å². The molecule has 0 aromatic carbocycles. The highest BCUT2D eigenvalue weighted by molar-refractivity contribution is 5.85. The quantitative estimate of drug-likeness (QED) is 0.622. The average molecular weight is 249 g/mol. The van der Waals surface area contributed by atoms with Crippen LogP contribution < -0.4 is 0 Å². The van der Waals surface area contributed by atoms with Gasteiger partial charge in [-0.25, -0.2) is 4.79 Å². The van der Waals surface area contributed by atoms with Gasteiger partial charge in [-0.05, 0) is 24.0 Å². The minimum atomic E-state index is -1.20. The molecule has 2 heterocycles. The molecule has 0 bridgehead atoms. The van der Waals surface area contributed by atoms with Crippen LogP contribution in [0, 0.1) is 17.0 Å². The molecule has 1 N–H and O–H groups in total. The van der Waals surface area contributed by atoms with E-state index < -0.39 is 10.9 Å². The van der Waals surface area contributed by atoms with E-state index in [1.54, 1.807) is 6.92 Å². The number of nitrogens with zero attached hydrogens (tertiary/aromatic N) is 5. The lowest BCUT2D eigenvalue weighted by Crippen LogP contribution is -2.07. The van der Waals surface area contributed by atoms with E-state index in [0.717, 1.165) is 0 Å². The Hall–Kier alpha value is -2.84. The van der Waals surface area contributed by atoms with Crippen LogP contribution in [-0.4, -0.2) is 36.0 Å². The van der Waals surface area contributed by atoms with Crippen LogP contribution in [0.4, 0.5) is 5.82 Å². The maximum absolute atomic E-state index is 10.6. The Bertz CT molecular complexity index is 618. The molecule has 0 fully saturated rings. The lowest BCUT2D eigenvalue weighted by molar-refractivity contribution is -0.389. The van der Waals surface area contributed by atoms with E-state index in [-0.39, 0.29) is 17.3 Å². The zero-order chi connectivity index (χ0) is 13.3. The molecular weight excluding hydrogens is 242 g/mol. The van der Waals surface area contributed by atoms with E-state index in [0.29, 0.717) is 5.69 Å². The first-order chi connectivity index (χ1) is 8.49. The monoisotopic (exact) mass is 249 g/mol. The second-order valence-corrected chi connectivity index (χ2v) is 3.39. The Kier molecular flexibility index (Phi) is 2.72. The summed E-state index contributed by atoms with van der Waals surface area (Å²) in [6, 6.07) is 3.91. The minimum Gasteiger partial charge on any atom is -0.476 e. The van der Waals surface area contributed by atoms with Crippen LogP contribution in [0.15, 0.2) is 18.2 Å². The van der Waals surface area contributed by atoms with Crippen LogP contribution in [0.2, 0.25) is 0 Å². The van der Waals surface area contributed by atoms with Crippen LogP contribution in [-0.2, 0) is 0 Å². The Morgan fingerprint density at radius 3 is 2.61 bits per heavy atom. The van der Waals surface area contributed by atoms with Crippen LogP contribution in [0.1, 0.15) is 16.2 Å². The van der Waals surface area contributed by atoms with Crippen molar-refractivity contribution < 1.29 is 14.8 Å². The predicted octanol–water partition coefficient (Wildman–Crippen LogP) is 0.577. The van der Waals surface area contributed by atoms with Crippen molar-refractivity contribution in [2.75, 3.05) is 0 Å². The predicted molar refractivity (Wildman–Crippen MR) is 57.5 cm³/mol. The van der Waals surface area contributed by atoms with Crippen molar-refractivity contribution >= 4 is 11.8 Å². The molecule has 2 aromatic heterocycles. The van der Waals surface area contributed by atoms with Gasteiger partial charge in [-0.3, -0.25) is 0 Å². The Labute approximate surface area is 99.8 Å². The van der Waals surface area contributed by atoms with Gasteiger partial charge < -0.3 is 15.2 Å². The molecule has 9 nitrogen and oxygen atoms in total. The molecule has 0 saturated heterocycles. The molecular formula is C9H7N5O4. The summed E-state index contributed by atoms with van der Waals surface area (Å²) in [6.45, 7) is 1.62. The largest absolute Gasteiger partial charge is 0.476 e. The average Bonchev–Trinajstić information content (AvgIpc) is 2.71. The number of aryl methyl sites for hydroxylation is 1. The van der Waals surface area contributed by atoms with Gasteiger partial charge >= 0.3 is 11.8 Å². The third-order valence-corrected chi connectivity index (χ3v) is 2.15. The number of carboxylic acid groups (broad SMARTS) is 1. The van der Waals surface area contributed by atoms with E-state index in [1.807, 2.05) is 0 Å². The third-order valence-electron chi connectivity index (χ3n) is 2.15. The standard InChI is InChI=1S/C9H7N5O4/c1-5-4-8(14(17)18)12-13(5)7-3-2-6(9(15)16)10-11-7/h2-4H,1H3,(H,15,16). The van der Waals surface area contributed by atoms with Crippen LogP contribution in [0.25, 0.3) is 5.82 Å². The van der Waals surface area contributed by atoms with Crippen molar-refractivity contribution in [3.8, 4) is 5.82 Å². The first-order valence-corrected chi connectivity index (χ1v) is 4.77. The smallest absolute Gasteiger partial charge is 0.390 e. The van der Waals surface area contributed by atoms with Gasteiger partial charge in [-0.1, -0.05) is 0 Å². The molecule has 2 rings (SSSR count). The molecule has 0 aliphatic rings. The number of rotatable bonds is 3. The van der Waals surface area contributed by atoms with Crippen molar-refractivity contribution in [2.24, 2.45) is 0 Å². The highest BCUT2D eigenvalue weighted by Gasteiger charge is 2.18. The van der Waals surface area contributed by atoms with Gasteiger partial charge in [0.15, 0.2) is 11.5 Å². The van der Waals surface area contributed by atoms with Gasteiger partial charge in [-0.2, -0.15) is 0 Å².